The maximum atomic E-state index is 14.6. The van der Waals surface area contributed by atoms with Crippen LogP contribution in [0.5, 0.6) is 0 Å². The van der Waals surface area contributed by atoms with E-state index in [0.29, 0.717) is 5.56 Å². The van der Waals surface area contributed by atoms with Gasteiger partial charge in [0.1, 0.15) is 5.82 Å². The SMILES string of the molecule is C=Cc1cnc(Nc2c(C(=O)NOC(C)(C)C)cc(Br)c(F)c2F)c(C)c1. The average Bonchev–Trinajstić information content (AvgIpc) is 2.60. The summed E-state index contributed by atoms with van der Waals surface area (Å²) in [5.41, 5.74) is 2.56. The number of nitrogens with one attached hydrogen (secondary N) is 2. The van der Waals surface area contributed by atoms with E-state index in [4.69, 9.17) is 4.84 Å². The summed E-state index contributed by atoms with van der Waals surface area (Å²) in [6.45, 7) is 10.6. The maximum Gasteiger partial charge on any atom is 0.277 e. The Kier molecular flexibility index (Phi) is 6.33. The zero-order valence-electron chi connectivity index (χ0n) is 15.4. The second-order valence-electron chi connectivity index (χ2n) is 6.82. The summed E-state index contributed by atoms with van der Waals surface area (Å²) in [6, 6.07) is 2.95. The van der Waals surface area contributed by atoms with Crippen molar-refractivity contribution in [3.05, 3.63) is 57.7 Å². The standard InChI is InChI=1S/C19H20BrF2N3O2/c1-6-11-7-10(2)17(23-9-11)24-16-12(8-13(20)14(21)15(16)22)18(26)25-27-19(3,4)5/h6-9H,1H2,2-5H3,(H,23,24)(H,25,26). The van der Waals surface area contributed by atoms with E-state index >= 15 is 0 Å². The third-order valence-electron chi connectivity index (χ3n) is 3.44. The number of anilines is 2. The third-order valence-corrected chi connectivity index (χ3v) is 4.01. The summed E-state index contributed by atoms with van der Waals surface area (Å²) in [4.78, 5) is 21.9. The highest BCUT2D eigenvalue weighted by molar-refractivity contribution is 9.10. The van der Waals surface area contributed by atoms with Gasteiger partial charge in [-0.1, -0.05) is 12.7 Å². The lowest BCUT2D eigenvalue weighted by Gasteiger charge is -2.20. The van der Waals surface area contributed by atoms with Gasteiger partial charge in [0, 0.05) is 6.20 Å². The van der Waals surface area contributed by atoms with Gasteiger partial charge < -0.3 is 5.32 Å². The van der Waals surface area contributed by atoms with Crippen LogP contribution in [0.2, 0.25) is 0 Å². The zero-order valence-corrected chi connectivity index (χ0v) is 17.0. The summed E-state index contributed by atoms with van der Waals surface area (Å²) < 4.78 is 28.5. The summed E-state index contributed by atoms with van der Waals surface area (Å²) in [7, 11) is 0. The van der Waals surface area contributed by atoms with Gasteiger partial charge in [-0.15, -0.1) is 0 Å². The predicted octanol–water partition coefficient (Wildman–Crippen LogP) is 5.28. The van der Waals surface area contributed by atoms with Crippen molar-refractivity contribution >= 4 is 39.4 Å². The molecule has 27 heavy (non-hydrogen) atoms. The van der Waals surface area contributed by atoms with Crippen LogP contribution >= 0.6 is 15.9 Å². The number of hydroxylamine groups is 1. The number of pyridine rings is 1. The number of benzene rings is 1. The number of aryl methyl sites for hydroxylation is 1. The number of carbonyl (C=O) groups excluding carboxylic acids is 1. The zero-order chi connectivity index (χ0) is 20.4. The summed E-state index contributed by atoms with van der Waals surface area (Å²) in [6.07, 6.45) is 3.14. The number of hydrogen-bond donors (Lipinski definition) is 2. The van der Waals surface area contributed by atoms with Crippen molar-refractivity contribution in [3.63, 3.8) is 0 Å². The molecule has 0 spiro atoms. The molecule has 8 heteroatoms. The lowest BCUT2D eigenvalue weighted by atomic mass is 10.1. The van der Waals surface area contributed by atoms with Crippen molar-refractivity contribution in [1.82, 2.24) is 10.5 Å². The third kappa shape index (κ3) is 5.11. The first-order valence-electron chi connectivity index (χ1n) is 8.05. The number of nitrogens with zero attached hydrogens (tertiary/aromatic N) is 1. The second-order valence-corrected chi connectivity index (χ2v) is 7.67. The first kappa shape index (κ1) is 21.0. The molecule has 0 radical (unpaired) electrons. The molecule has 0 unspecified atom stereocenters. The summed E-state index contributed by atoms with van der Waals surface area (Å²) in [5, 5.41) is 2.71. The number of rotatable bonds is 5. The molecule has 0 fully saturated rings. The number of halogens is 3. The Labute approximate surface area is 164 Å². The van der Waals surface area contributed by atoms with Crippen LogP contribution in [0.15, 0.2) is 29.4 Å². The van der Waals surface area contributed by atoms with Crippen molar-refractivity contribution in [2.24, 2.45) is 0 Å². The molecule has 0 atom stereocenters. The van der Waals surface area contributed by atoms with Crippen LogP contribution in [0.4, 0.5) is 20.3 Å². The molecule has 1 heterocycles. The lowest BCUT2D eigenvalue weighted by molar-refractivity contribution is -0.0589. The van der Waals surface area contributed by atoms with Crippen LogP contribution in [-0.4, -0.2) is 16.5 Å². The monoisotopic (exact) mass is 439 g/mol. The molecular weight excluding hydrogens is 420 g/mol. The Morgan fingerprint density at radius 1 is 1.30 bits per heavy atom. The van der Waals surface area contributed by atoms with Crippen LogP contribution in [0.1, 0.15) is 42.3 Å². The van der Waals surface area contributed by atoms with Gasteiger partial charge in [0.25, 0.3) is 5.91 Å². The van der Waals surface area contributed by atoms with E-state index in [-0.39, 0.29) is 21.5 Å². The fourth-order valence-corrected chi connectivity index (χ4v) is 2.51. The average molecular weight is 440 g/mol. The predicted molar refractivity (Wildman–Crippen MR) is 105 cm³/mol. The minimum Gasteiger partial charge on any atom is -0.337 e. The fraction of sp³-hybridized carbons (Fsp3) is 0.263. The van der Waals surface area contributed by atoms with Crippen molar-refractivity contribution in [2.75, 3.05) is 5.32 Å². The molecule has 0 aliphatic heterocycles. The molecule has 0 saturated heterocycles. The van der Waals surface area contributed by atoms with Crippen LogP contribution < -0.4 is 10.8 Å². The molecule has 0 saturated carbocycles. The molecule has 0 aliphatic carbocycles. The van der Waals surface area contributed by atoms with E-state index in [1.54, 1.807) is 39.8 Å². The molecular formula is C19H20BrF2N3O2. The molecule has 1 amide bonds. The minimum atomic E-state index is -1.21. The van der Waals surface area contributed by atoms with Crippen molar-refractivity contribution in [1.29, 1.82) is 0 Å². The number of hydrogen-bond acceptors (Lipinski definition) is 4. The molecule has 2 aromatic rings. The molecule has 2 N–H and O–H groups in total. The van der Waals surface area contributed by atoms with Gasteiger partial charge in [-0.25, -0.2) is 19.2 Å². The van der Waals surface area contributed by atoms with Crippen LogP contribution in [0.3, 0.4) is 0 Å². The number of carbonyl (C=O) groups is 1. The highest BCUT2D eigenvalue weighted by Gasteiger charge is 2.24. The second kappa shape index (κ2) is 8.14. The smallest absolute Gasteiger partial charge is 0.277 e. The first-order chi connectivity index (χ1) is 12.5. The Hall–Kier alpha value is -2.32. The molecule has 0 aliphatic rings. The topological polar surface area (TPSA) is 63.2 Å². The fourth-order valence-electron chi connectivity index (χ4n) is 2.11. The van der Waals surface area contributed by atoms with E-state index in [9.17, 15) is 13.6 Å². The summed E-state index contributed by atoms with van der Waals surface area (Å²) in [5.74, 6) is -2.77. The van der Waals surface area contributed by atoms with Crippen molar-refractivity contribution in [3.8, 4) is 0 Å². The lowest BCUT2D eigenvalue weighted by Crippen LogP contribution is -2.34. The Balaban J connectivity index is 2.46. The maximum absolute atomic E-state index is 14.6. The molecule has 1 aromatic carbocycles. The van der Waals surface area contributed by atoms with Crippen molar-refractivity contribution in [2.45, 2.75) is 33.3 Å². The Morgan fingerprint density at radius 3 is 2.52 bits per heavy atom. The van der Waals surface area contributed by atoms with E-state index < -0.39 is 23.1 Å². The molecule has 144 valence electrons. The van der Waals surface area contributed by atoms with Crippen LogP contribution in [0, 0.1) is 18.6 Å². The van der Waals surface area contributed by atoms with Crippen LogP contribution in [-0.2, 0) is 4.84 Å². The highest BCUT2D eigenvalue weighted by atomic mass is 79.9. The number of amides is 1. The molecule has 5 nitrogen and oxygen atoms in total. The van der Waals surface area contributed by atoms with Gasteiger partial charge in [-0.3, -0.25) is 9.63 Å². The van der Waals surface area contributed by atoms with E-state index in [0.717, 1.165) is 5.56 Å². The van der Waals surface area contributed by atoms with Gasteiger partial charge in [0.05, 0.1) is 21.3 Å². The van der Waals surface area contributed by atoms with Gasteiger partial charge in [-0.05, 0) is 66.9 Å². The molecule has 2 rings (SSSR count). The van der Waals surface area contributed by atoms with E-state index in [1.807, 2.05) is 0 Å². The first-order valence-corrected chi connectivity index (χ1v) is 8.84. The highest BCUT2D eigenvalue weighted by Crippen LogP contribution is 2.32. The van der Waals surface area contributed by atoms with Gasteiger partial charge in [0.2, 0.25) is 0 Å². The van der Waals surface area contributed by atoms with Gasteiger partial charge in [0.15, 0.2) is 11.6 Å². The summed E-state index contributed by atoms with van der Waals surface area (Å²) >= 11 is 2.92. The molecule has 0 bridgehead atoms. The van der Waals surface area contributed by atoms with Gasteiger partial charge >= 0.3 is 0 Å². The quantitative estimate of drug-likeness (QED) is 0.491. The number of aromatic nitrogens is 1. The Bertz CT molecular complexity index is 895. The van der Waals surface area contributed by atoms with Crippen LogP contribution in [0.25, 0.3) is 6.08 Å². The Morgan fingerprint density at radius 2 is 1.96 bits per heavy atom. The van der Waals surface area contributed by atoms with E-state index in [2.05, 4.69) is 38.3 Å². The minimum absolute atomic E-state index is 0.140. The normalized spacial score (nSPS) is 11.2. The largest absolute Gasteiger partial charge is 0.337 e. The van der Waals surface area contributed by atoms with E-state index in [1.165, 1.54) is 12.3 Å². The van der Waals surface area contributed by atoms with Gasteiger partial charge in [-0.2, -0.15) is 0 Å². The van der Waals surface area contributed by atoms with Crippen molar-refractivity contribution < 1.29 is 18.4 Å². The molecule has 1 aromatic heterocycles.